The number of nitrogens with one attached hydrogen (secondary N) is 1. The van der Waals surface area contributed by atoms with Gasteiger partial charge in [-0.3, -0.25) is 0 Å². The molecule has 1 unspecified atom stereocenters. The van der Waals surface area contributed by atoms with Crippen molar-refractivity contribution in [2.24, 2.45) is 0 Å². The predicted octanol–water partition coefficient (Wildman–Crippen LogP) is 3.54. The van der Waals surface area contributed by atoms with E-state index in [0.717, 1.165) is 18.2 Å². The summed E-state index contributed by atoms with van der Waals surface area (Å²) in [6.07, 6.45) is 3.80. The Morgan fingerprint density at radius 3 is 3.06 bits per heavy atom. The molecule has 0 saturated carbocycles. The van der Waals surface area contributed by atoms with E-state index in [1.807, 2.05) is 6.92 Å². The molecule has 1 aromatic carbocycles. The number of allylic oxidation sites excluding steroid dienone is 1. The van der Waals surface area contributed by atoms with Crippen molar-refractivity contribution in [3.05, 3.63) is 47.2 Å². The molecule has 0 radical (unpaired) electrons. The number of benzene rings is 1. The second kappa shape index (κ2) is 4.73. The molecule has 1 atom stereocenters. The highest BCUT2D eigenvalue weighted by atomic mass is 14.9. The van der Waals surface area contributed by atoms with Gasteiger partial charge in [0.05, 0.1) is 0 Å². The summed E-state index contributed by atoms with van der Waals surface area (Å²) in [6.45, 7) is 9.12. The van der Waals surface area contributed by atoms with Crippen LogP contribution in [0.1, 0.15) is 42.4 Å². The number of hydrogen-bond acceptors (Lipinski definition) is 1. The fourth-order valence-corrected chi connectivity index (χ4v) is 2.57. The quantitative estimate of drug-likeness (QED) is 0.810. The van der Waals surface area contributed by atoms with Crippen molar-refractivity contribution in [2.45, 2.75) is 39.0 Å². The zero-order valence-corrected chi connectivity index (χ0v) is 10.3. The molecule has 1 aromatic rings. The van der Waals surface area contributed by atoms with Crippen LogP contribution in [-0.2, 0) is 6.42 Å². The summed E-state index contributed by atoms with van der Waals surface area (Å²) in [4.78, 5) is 0. The molecule has 1 aliphatic rings. The Kier molecular flexibility index (Phi) is 3.33. The molecule has 86 valence electrons. The molecule has 0 fully saturated rings. The van der Waals surface area contributed by atoms with Crippen molar-refractivity contribution in [2.75, 3.05) is 6.54 Å². The van der Waals surface area contributed by atoms with Crippen LogP contribution < -0.4 is 5.32 Å². The Labute approximate surface area is 98.6 Å². The fraction of sp³-hybridized carbons (Fsp3) is 0.467. The summed E-state index contributed by atoms with van der Waals surface area (Å²) in [5.41, 5.74) is 5.61. The van der Waals surface area contributed by atoms with E-state index >= 15 is 0 Å². The first-order valence-corrected chi connectivity index (χ1v) is 6.15. The van der Waals surface area contributed by atoms with Gasteiger partial charge in [-0.05, 0) is 50.2 Å². The Balaban J connectivity index is 2.00. The molecule has 2 rings (SSSR count). The van der Waals surface area contributed by atoms with Gasteiger partial charge in [-0.1, -0.05) is 30.3 Å². The van der Waals surface area contributed by atoms with Gasteiger partial charge in [-0.25, -0.2) is 0 Å². The van der Waals surface area contributed by atoms with Crippen molar-refractivity contribution in [3.8, 4) is 0 Å². The summed E-state index contributed by atoms with van der Waals surface area (Å²) >= 11 is 0. The summed E-state index contributed by atoms with van der Waals surface area (Å²) < 4.78 is 0. The van der Waals surface area contributed by atoms with Crippen LogP contribution in [-0.4, -0.2) is 6.54 Å². The molecule has 1 N–H and O–H groups in total. The van der Waals surface area contributed by atoms with E-state index in [1.165, 1.54) is 24.8 Å². The Morgan fingerprint density at radius 2 is 2.31 bits per heavy atom. The second-order valence-electron chi connectivity index (χ2n) is 4.93. The van der Waals surface area contributed by atoms with Crippen molar-refractivity contribution in [1.82, 2.24) is 5.32 Å². The van der Waals surface area contributed by atoms with Crippen LogP contribution in [0, 0.1) is 6.92 Å². The summed E-state index contributed by atoms with van der Waals surface area (Å²) in [5, 5.41) is 3.32. The molecule has 0 bridgehead atoms. The molecular weight excluding hydrogens is 194 g/mol. The lowest BCUT2D eigenvalue weighted by Crippen LogP contribution is -2.14. The highest BCUT2D eigenvalue weighted by molar-refractivity contribution is 5.37. The van der Waals surface area contributed by atoms with E-state index in [9.17, 15) is 0 Å². The van der Waals surface area contributed by atoms with E-state index in [2.05, 4.69) is 37.0 Å². The maximum Gasteiger partial charge on any atom is 0.0149 e. The molecule has 0 aromatic heterocycles. The third-order valence-electron chi connectivity index (χ3n) is 3.42. The minimum Gasteiger partial charge on any atom is -0.389 e. The molecule has 1 heteroatoms. The van der Waals surface area contributed by atoms with Crippen molar-refractivity contribution >= 4 is 0 Å². The fourth-order valence-electron chi connectivity index (χ4n) is 2.57. The topological polar surface area (TPSA) is 12.0 Å². The molecule has 0 amide bonds. The summed E-state index contributed by atoms with van der Waals surface area (Å²) in [5.74, 6) is 0.752. The smallest absolute Gasteiger partial charge is 0.0149 e. The van der Waals surface area contributed by atoms with Gasteiger partial charge in [0.15, 0.2) is 0 Å². The van der Waals surface area contributed by atoms with Crippen molar-refractivity contribution in [3.63, 3.8) is 0 Å². The van der Waals surface area contributed by atoms with Gasteiger partial charge >= 0.3 is 0 Å². The van der Waals surface area contributed by atoms with Crippen molar-refractivity contribution < 1.29 is 0 Å². The van der Waals surface area contributed by atoms with E-state index in [-0.39, 0.29) is 0 Å². The molecule has 0 saturated heterocycles. The van der Waals surface area contributed by atoms with Crippen LogP contribution in [0.5, 0.6) is 0 Å². The number of aryl methyl sites for hydroxylation is 2. The van der Waals surface area contributed by atoms with Gasteiger partial charge in [0.25, 0.3) is 0 Å². The number of fused-ring (bicyclic) bond motifs is 1. The Morgan fingerprint density at radius 1 is 1.50 bits per heavy atom. The SMILES string of the molecule is C=C(C)NCCC1CCc2ccc(C)cc21. The van der Waals surface area contributed by atoms with Gasteiger partial charge in [-0.2, -0.15) is 0 Å². The first-order chi connectivity index (χ1) is 7.66. The van der Waals surface area contributed by atoms with Gasteiger partial charge < -0.3 is 5.32 Å². The zero-order valence-electron chi connectivity index (χ0n) is 10.3. The Hall–Kier alpha value is -1.24. The lowest BCUT2D eigenvalue weighted by atomic mass is 9.96. The van der Waals surface area contributed by atoms with Crippen LogP contribution in [0.4, 0.5) is 0 Å². The maximum absolute atomic E-state index is 3.87. The summed E-state index contributed by atoms with van der Waals surface area (Å²) in [6, 6.07) is 6.90. The van der Waals surface area contributed by atoms with Crippen LogP contribution in [0.2, 0.25) is 0 Å². The van der Waals surface area contributed by atoms with Crippen LogP contribution in [0.15, 0.2) is 30.5 Å². The highest BCUT2D eigenvalue weighted by Crippen LogP contribution is 2.35. The molecule has 0 spiro atoms. The molecule has 1 nitrogen and oxygen atoms in total. The number of rotatable bonds is 4. The summed E-state index contributed by atoms with van der Waals surface area (Å²) in [7, 11) is 0. The normalized spacial score (nSPS) is 18.2. The lowest BCUT2D eigenvalue weighted by Gasteiger charge is -2.13. The average molecular weight is 215 g/mol. The van der Waals surface area contributed by atoms with Crippen LogP contribution in [0.3, 0.4) is 0 Å². The monoisotopic (exact) mass is 215 g/mol. The van der Waals surface area contributed by atoms with Gasteiger partial charge in [-0.15, -0.1) is 0 Å². The minimum atomic E-state index is 0.752. The lowest BCUT2D eigenvalue weighted by molar-refractivity contribution is 0.593. The minimum absolute atomic E-state index is 0.752. The maximum atomic E-state index is 3.87. The average Bonchev–Trinajstić information content (AvgIpc) is 2.60. The molecule has 0 heterocycles. The second-order valence-corrected chi connectivity index (χ2v) is 4.93. The standard InChI is InChI=1S/C15H21N/c1-11(2)16-9-8-14-7-6-13-5-4-12(3)10-15(13)14/h4-5,10,14,16H,1,6-9H2,2-3H3. The molecular formula is C15H21N. The first-order valence-electron chi connectivity index (χ1n) is 6.15. The highest BCUT2D eigenvalue weighted by Gasteiger charge is 2.21. The first kappa shape index (κ1) is 11.3. The molecule has 0 aliphatic heterocycles. The third-order valence-corrected chi connectivity index (χ3v) is 3.42. The molecule has 16 heavy (non-hydrogen) atoms. The van der Waals surface area contributed by atoms with Gasteiger partial charge in [0, 0.05) is 12.2 Å². The largest absolute Gasteiger partial charge is 0.389 e. The van der Waals surface area contributed by atoms with Gasteiger partial charge in [0.2, 0.25) is 0 Å². The van der Waals surface area contributed by atoms with Gasteiger partial charge in [0.1, 0.15) is 0 Å². The van der Waals surface area contributed by atoms with Crippen LogP contribution >= 0.6 is 0 Å². The van der Waals surface area contributed by atoms with E-state index < -0.39 is 0 Å². The van der Waals surface area contributed by atoms with E-state index in [1.54, 1.807) is 11.1 Å². The van der Waals surface area contributed by atoms with E-state index in [4.69, 9.17) is 0 Å². The van der Waals surface area contributed by atoms with Crippen molar-refractivity contribution in [1.29, 1.82) is 0 Å². The predicted molar refractivity (Wildman–Crippen MR) is 69.7 cm³/mol. The van der Waals surface area contributed by atoms with E-state index in [0.29, 0.717) is 0 Å². The zero-order chi connectivity index (χ0) is 11.5. The molecule has 1 aliphatic carbocycles. The Bertz CT molecular complexity index is 392. The van der Waals surface area contributed by atoms with Crippen LogP contribution in [0.25, 0.3) is 0 Å². The third kappa shape index (κ3) is 2.46. The number of hydrogen-bond donors (Lipinski definition) is 1.